The van der Waals surface area contributed by atoms with Gasteiger partial charge in [-0.2, -0.15) is 0 Å². The number of hydrogen-bond acceptors (Lipinski definition) is 10. The molecular weight excluding hydrogens is 877 g/mol. The standard InChI is InChI=1S/C49H76N8O11/c50-18-3-1-2-4-41(58)51-19-5-33(6-20-51)42(59)52-21-7-34(8-22-52)43(60)53-23-9-35(10-24-53)44(61)54-25-11-36(12-26-54)45(62)55-27-13-37(14-28-55)46(63)56-29-15-38(16-30-56)47(64)57-31-17-39(48(65)66)32-40(57)49(67)68/h33-40H,1-32,50H2,(H,65,66)(H,67,68). The van der Waals surface area contributed by atoms with Gasteiger partial charge in [0.25, 0.3) is 0 Å². The summed E-state index contributed by atoms with van der Waals surface area (Å²) in [5, 5.41) is 19.1. The van der Waals surface area contributed by atoms with Crippen LogP contribution in [0.2, 0.25) is 0 Å². The Morgan fingerprint density at radius 3 is 0.941 bits per heavy atom. The summed E-state index contributed by atoms with van der Waals surface area (Å²) in [5.74, 6) is -3.87. The third kappa shape index (κ3) is 12.3. The molecule has 0 aromatic heterocycles. The summed E-state index contributed by atoms with van der Waals surface area (Å²) in [6.07, 6.45) is 10.4. The molecule has 0 aromatic carbocycles. The first-order chi connectivity index (χ1) is 32.7. The van der Waals surface area contributed by atoms with Crippen molar-refractivity contribution in [2.24, 2.45) is 47.2 Å². The van der Waals surface area contributed by atoms with E-state index in [1.54, 1.807) is 4.90 Å². The van der Waals surface area contributed by atoms with Crippen LogP contribution >= 0.6 is 0 Å². The van der Waals surface area contributed by atoms with E-state index in [-0.39, 0.29) is 90.3 Å². The van der Waals surface area contributed by atoms with Gasteiger partial charge in [-0.25, -0.2) is 4.79 Å². The van der Waals surface area contributed by atoms with Gasteiger partial charge >= 0.3 is 11.9 Å². The van der Waals surface area contributed by atoms with Crippen LogP contribution in [0, 0.1) is 41.4 Å². The van der Waals surface area contributed by atoms with E-state index in [0.717, 1.165) is 19.3 Å². The van der Waals surface area contributed by atoms with Crippen molar-refractivity contribution in [1.29, 1.82) is 0 Å². The second kappa shape index (κ2) is 23.7. The number of carbonyl (C=O) groups is 9. The van der Waals surface area contributed by atoms with Crippen LogP contribution in [-0.2, 0) is 43.2 Å². The highest BCUT2D eigenvalue weighted by Crippen LogP contribution is 2.32. The molecule has 0 radical (unpaired) electrons. The van der Waals surface area contributed by atoms with Gasteiger partial charge in [0, 0.05) is 127 Å². The Balaban J connectivity index is 0.752. The van der Waals surface area contributed by atoms with E-state index in [1.165, 1.54) is 4.90 Å². The van der Waals surface area contributed by atoms with Crippen LogP contribution in [0.3, 0.4) is 0 Å². The quantitative estimate of drug-likeness (QED) is 0.224. The maximum atomic E-state index is 13.7. The van der Waals surface area contributed by atoms with E-state index >= 15 is 0 Å². The third-order valence-electron chi connectivity index (χ3n) is 16.6. The SMILES string of the molecule is NCCCCCC(=O)N1CCC(C(=O)N2CCC(C(=O)N3CCC(C(=O)N4CCC(C(=O)N5CCC(C(=O)N6CCC(C(=O)N7CCC(C(=O)O)CC7C(=O)O)CC6)CC5)CC4)CC3)CC2)CC1. The smallest absolute Gasteiger partial charge is 0.326 e. The third-order valence-corrected chi connectivity index (χ3v) is 16.6. The molecule has 0 aliphatic carbocycles. The summed E-state index contributed by atoms with van der Waals surface area (Å²) in [6.45, 7) is 6.95. The Hall–Kier alpha value is -4.81. The maximum absolute atomic E-state index is 13.7. The lowest BCUT2D eigenvalue weighted by Gasteiger charge is -2.41. The number of piperidine rings is 7. The van der Waals surface area contributed by atoms with Gasteiger partial charge in [-0.1, -0.05) is 6.42 Å². The number of rotatable bonds is 13. The Bertz CT molecular complexity index is 1840. The second-order valence-corrected chi connectivity index (χ2v) is 20.7. The Morgan fingerprint density at radius 1 is 0.353 bits per heavy atom. The van der Waals surface area contributed by atoms with Crippen LogP contribution in [0.15, 0.2) is 0 Å². The fourth-order valence-corrected chi connectivity index (χ4v) is 12.1. The van der Waals surface area contributed by atoms with Crippen LogP contribution in [0.25, 0.3) is 0 Å². The van der Waals surface area contributed by atoms with Crippen molar-refractivity contribution < 1.29 is 53.4 Å². The number of aliphatic carboxylic acids is 2. The molecule has 378 valence electrons. The first kappa shape index (κ1) is 51.1. The summed E-state index contributed by atoms with van der Waals surface area (Å²) in [5.41, 5.74) is 5.56. The minimum Gasteiger partial charge on any atom is -0.481 e. The molecule has 7 amide bonds. The lowest BCUT2D eigenvalue weighted by atomic mass is 9.87. The van der Waals surface area contributed by atoms with Crippen molar-refractivity contribution in [2.75, 3.05) is 91.6 Å². The van der Waals surface area contributed by atoms with Gasteiger partial charge in [-0.05, 0) is 109 Å². The molecule has 0 saturated carbocycles. The first-order valence-corrected chi connectivity index (χ1v) is 25.9. The number of likely N-dealkylation sites (tertiary alicyclic amines) is 7. The minimum absolute atomic E-state index is 0.0219. The predicted octanol–water partition coefficient (Wildman–Crippen LogP) is 1.71. The van der Waals surface area contributed by atoms with Crippen molar-refractivity contribution >= 4 is 53.3 Å². The summed E-state index contributed by atoms with van der Waals surface area (Å²) in [6, 6.07) is -1.17. The van der Waals surface area contributed by atoms with Gasteiger partial charge in [0.1, 0.15) is 6.04 Å². The summed E-state index contributed by atoms with van der Waals surface area (Å²) >= 11 is 0. The molecule has 7 rings (SSSR count). The van der Waals surface area contributed by atoms with E-state index in [4.69, 9.17) is 5.73 Å². The molecule has 2 atom stereocenters. The average molecular weight is 953 g/mol. The van der Waals surface area contributed by atoms with Gasteiger partial charge in [0.15, 0.2) is 0 Å². The molecule has 19 nitrogen and oxygen atoms in total. The van der Waals surface area contributed by atoms with E-state index < -0.39 is 29.8 Å². The molecule has 2 unspecified atom stereocenters. The highest BCUT2D eigenvalue weighted by Gasteiger charge is 2.43. The Morgan fingerprint density at radius 2 is 0.647 bits per heavy atom. The van der Waals surface area contributed by atoms with Crippen molar-refractivity contribution in [1.82, 2.24) is 34.3 Å². The predicted molar refractivity (Wildman–Crippen MR) is 247 cm³/mol. The number of hydrogen-bond donors (Lipinski definition) is 3. The maximum Gasteiger partial charge on any atom is 0.326 e. The molecule has 0 aromatic rings. The molecule has 7 saturated heterocycles. The number of carboxylic acid groups (broad SMARTS) is 2. The molecule has 0 bridgehead atoms. The lowest BCUT2D eigenvalue weighted by molar-refractivity contribution is -0.159. The zero-order valence-corrected chi connectivity index (χ0v) is 40.0. The number of nitrogens with zero attached hydrogens (tertiary/aromatic N) is 7. The van der Waals surface area contributed by atoms with Gasteiger partial charge in [0.05, 0.1) is 5.92 Å². The minimum atomic E-state index is -1.20. The van der Waals surface area contributed by atoms with E-state index in [1.807, 2.05) is 24.5 Å². The number of nitrogens with two attached hydrogens (primary N) is 1. The van der Waals surface area contributed by atoms with Crippen molar-refractivity contribution in [3.05, 3.63) is 0 Å². The zero-order chi connectivity index (χ0) is 48.5. The van der Waals surface area contributed by atoms with Gasteiger partial charge in [-0.15, -0.1) is 0 Å². The molecule has 7 aliphatic rings. The molecule has 7 fully saturated rings. The normalized spacial score (nSPS) is 24.8. The number of amides is 7. The highest BCUT2D eigenvalue weighted by molar-refractivity contribution is 5.87. The summed E-state index contributed by atoms with van der Waals surface area (Å²) in [4.78, 5) is 130. The molecule has 68 heavy (non-hydrogen) atoms. The van der Waals surface area contributed by atoms with Crippen molar-refractivity contribution in [3.8, 4) is 0 Å². The molecule has 0 spiro atoms. The van der Waals surface area contributed by atoms with E-state index in [9.17, 15) is 53.4 Å². The van der Waals surface area contributed by atoms with Gasteiger partial charge in [-0.3, -0.25) is 38.4 Å². The zero-order valence-electron chi connectivity index (χ0n) is 40.0. The average Bonchev–Trinajstić information content (AvgIpc) is 3.38. The molecule has 7 heterocycles. The van der Waals surface area contributed by atoms with Crippen LogP contribution < -0.4 is 5.73 Å². The first-order valence-electron chi connectivity index (χ1n) is 25.9. The molecule has 19 heteroatoms. The monoisotopic (exact) mass is 953 g/mol. The molecule has 7 aliphatic heterocycles. The van der Waals surface area contributed by atoms with Gasteiger partial charge < -0.3 is 50.2 Å². The number of carbonyl (C=O) groups excluding carboxylic acids is 7. The highest BCUT2D eigenvalue weighted by atomic mass is 16.4. The van der Waals surface area contributed by atoms with Gasteiger partial charge in [0.2, 0.25) is 41.4 Å². The van der Waals surface area contributed by atoms with Crippen LogP contribution in [0.1, 0.15) is 116 Å². The fourth-order valence-electron chi connectivity index (χ4n) is 12.1. The Kier molecular flexibility index (Phi) is 17.8. The topological polar surface area (TPSA) is 243 Å². The summed E-state index contributed by atoms with van der Waals surface area (Å²) < 4.78 is 0. The number of unbranched alkanes of at least 4 members (excludes halogenated alkanes) is 2. The Labute approximate surface area is 400 Å². The fraction of sp³-hybridized carbons (Fsp3) is 0.816. The number of carboxylic acids is 2. The molecular formula is C49H76N8O11. The van der Waals surface area contributed by atoms with Crippen molar-refractivity contribution in [3.63, 3.8) is 0 Å². The second-order valence-electron chi connectivity index (χ2n) is 20.7. The largest absolute Gasteiger partial charge is 0.481 e. The lowest BCUT2D eigenvalue weighted by Crippen LogP contribution is -2.54. The van der Waals surface area contributed by atoms with E-state index in [2.05, 4.69) is 0 Å². The summed E-state index contributed by atoms with van der Waals surface area (Å²) in [7, 11) is 0. The van der Waals surface area contributed by atoms with Crippen LogP contribution in [-0.4, -0.2) is 195 Å². The van der Waals surface area contributed by atoms with Crippen molar-refractivity contribution in [2.45, 2.75) is 122 Å². The van der Waals surface area contributed by atoms with Crippen LogP contribution in [0.4, 0.5) is 0 Å². The van der Waals surface area contributed by atoms with Crippen LogP contribution in [0.5, 0.6) is 0 Å². The van der Waals surface area contributed by atoms with E-state index in [0.29, 0.717) is 169 Å². The molecule has 4 N–H and O–H groups in total.